The van der Waals surface area contributed by atoms with E-state index in [2.05, 4.69) is 26.0 Å². The summed E-state index contributed by atoms with van der Waals surface area (Å²) < 4.78 is 43.3. The second-order valence-corrected chi connectivity index (χ2v) is 6.76. The molecule has 0 heterocycles. The van der Waals surface area contributed by atoms with Crippen LogP contribution in [0.3, 0.4) is 0 Å². The molecule has 5 nitrogen and oxygen atoms in total. The molecule has 0 aliphatic carbocycles. The van der Waals surface area contributed by atoms with Crippen LogP contribution in [-0.4, -0.2) is 30.1 Å². The van der Waals surface area contributed by atoms with E-state index in [-0.39, 0.29) is 12.0 Å². The minimum absolute atomic E-state index is 0.0324. The molecule has 0 radical (unpaired) electrons. The molecule has 0 spiro atoms. The maximum absolute atomic E-state index is 12.6. The molecule has 0 bridgehead atoms. The van der Waals surface area contributed by atoms with Gasteiger partial charge in [-0.1, -0.05) is 46.3 Å². The highest BCUT2D eigenvalue weighted by Crippen LogP contribution is 2.30. The van der Waals surface area contributed by atoms with Gasteiger partial charge in [-0.15, -0.1) is 0 Å². The molecule has 1 amide bonds. The summed E-state index contributed by atoms with van der Waals surface area (Å²) >= 11 is 3.34. The molecule has 9 heteroatoms. The van der Waals surface area contributed by atoms with Crippen LogP contribution >= 0.6 is 15.9 Å². The van der Waals surface area contributed by atoms with Gasteiger partial charge in [-0.2, -0.15) is 13.2 Å². The molecule has 150 valence electrons. The van der Waals surface area contributed by atoms with E-state index in [4.69, 9.17) is 0 Å². The molecule has 2 atom stereocenters. The Balaban J connectivity index is 2.14. The third-order valence-corrected chi connectivity index (χ3v) is 4.76. The van der Waals surface area contributed by atoms with E-state index in [0.29, 0.717) is 0 Å². The van der Waals surface area contributed by atoms with Crippen molar-refractivity contribution in [2.45, 2.75) is 24.7 Å². The van der Waals surface area contributed by atoms with E-state index in [9.17, 15) is 27.9 Å². The second kappa shape index (κ2) is 9.20. The summed E-state index contributed by atoms with van der Waals surface area (Å²) in [6.07, 6.45) is -6.17. The van der Waals surface area contributed by atoms with Gasteiger partial charge in [0.1, 0.15) is 6.04 Å². The predicted octanol–water partition coefficient (Wildman–Crippen LogP) is 3.40. The van der Waals surface area contributed by atoms with Gasteiger partial charge in [0, 0.05) is 10.9 Å². The van der Waals surface area contributed by atoms with Gasteiger partial charge in [-0.25, -0.2) is 4.79 Å². The molecule has 28 heavy (non-hydrogen) atoms. The van der Waals surface area contributed by atoms with Crippen LogP contribution in [0.2, 0.25) is 0 Å². The molecule has 0 aliphatic heterocycles. The maximum atomic E-state index is 12.6. The monoisotopic (exact) mass is 459 g/mol. The zero-order chi connectivity index (χ0) is 20.9. The lowest BCUT2D eigenvalue weighted by molar-refractivity contribution is -0.146. The third kappa shape index (κ3) is 5.56. The van der Waals surface area contributed by atoms with E-state index in [1.807, 2.05) is 0 Å². The molecule has 0 fully saturated rings. The van der Waals surface area contributed by atoms with Crippen LogP contribution in [0.15, 0.2) is 53.0 Å². The fraction of sp³-hybridized carbons (Fsp3) is 0.263. The lowest BCUT2D eigenvalue weighted by Crippen LogP contribution is -2.45. The summed E-state index contributed by atoms with van der Waals surface area (Å²) in [6.45, 7) is 0. The molecule has 0 aromatic heterocycles. The number of halogens is 4. The van der Waals surface area contributed by atoms with Crippen LogP contribution in [0.1, 0.15) is 22.8 Å². The van der Waals surface area contributed by atoms with Gasteiger partial charge in [0.05, 0.1) is 12.7 Å². The van der Waals surface area contributed by atoms with E-state index < -0.39 is 35.8 Å². The van der Waals surface area contributed by atoms with Crippen molar-refractivity contribution >= 4 is 27.8 Å². The Morgan fingerprint density at radius 1 is 1.14 bits per heavy atom. The number of nitrogens with one attached hydrogen (secondary N) is 1. The number of aliphatic hydroxyl groups is 1. The number of methoxy groups -OCH3 is 1. The van der Waals surface area contributed by atoms with Gasteiger partial charge < -0.3 is 15.2 Å². The van der Waals surface area contributed by atoms with Crippen molar-refractivity contribution in [3.63, 3.8) is 0 Å². The average molecular weight is 460 g/mol. The molecule has 0 unspecified atom stereocenters. The number of alkyl halides is 3. The first-order valence-electron chi connectivity index (χ1n) is 8.10. The highest BCUT2D eigenvalue weighted by molar-refractivity contribution is 9.10. The maximum Gasteiger partial charge on any atom is 0.416 e. The molecular formula is C19H17BrF3NO4. The molecule has 0 saturated heterocycles. The molecule has 0 saturated carbocycles. The minimum atomic E-state index is -4.52. The SMILES string of the molecule is COC(=O)[C@H](Cc1ccccc1Br)NC(=O)[C@H](O)c1ccc(C(F)(F)F)cc1. The number of amides is 1. The highest BCUT2D eigenvalue weighted by atomic mass is 79.9. The second-order valence-electron chi connectivity index (χ2n) is 5.90. The van der Waals surface area contributed by atoms with Crippen LogP contribution in [0.4, 0.5) is 13.2 Å². The van der Waals surface area contributed by atoms with Gasteiger partial charge in [0.15, 0.2) is 6.10 Å². The number of benzene rings is 2. The Labute approximate surface area is 167 Å². The number of hydrogen-bond acceptors (Lipinski definition) is 4. The van der Waals surface area contributed by atoms with Crippen molar-refractivity contribution in [1.82, 2.24) is 5.32 Å². The normalized spacial score (nSPS) is 13.5. The van der Waals surface area contributed by atoms with Crippen molar-refractivity contribution in [2.75, 3.05) is 7.11 Å². The van der Waals surface area contributed by atoms with E-state index in [1.54, 1.807) is 24.3 Å². The Bertz CT molecular complexity index is 840. The molecule has 2 aromatic carbocycles. The number of hydrogen-bond donors (Lipinski definition) is 2. The molecule has 2 aromatic rings. The Morgan fingerprint density at radius 3 is 2.29 bits per heavy atom. The van der Waals surface area contributed by atoms with Gasteiger partial charge in [0.2, 0.25) is 0 Å². The first-order chi connectivity index (χ1) is 13.1. The smallest absolute Gasteiger partial charge is 0.416 e. The van der Waals surface area contributed by atoms with Crippen LogP contribution in [0.25, 0.3) is 0 Å². The summed E-state index contributed by atoms with van der Waals surface area (Å²) in [4.78, 5) is 24.3. The standard InChI is InChI=1S/C19H17BrF3NO4/c1-28-18(27)15(10-12-4-2-3-5-14(12)20)24-17(26)16(25)11-6-8-13(9-7-11)19(21,22)23/h2-9,15-16,25H,10H2,1H3,(H,24,26)/t15-,16+/m0/s1. The lowest BCUT2D eigenvalue weighted by Gasteiger charge is -2.20. The van der Waals surface area contributed by atoms with Gasteiger partial charge in [0.25, 0.3) is 5.91 Å². The minimum Gasteiger partial charge on any atom is -0.467 e. The molecular weight excluding hydrogens is 443 g/mol. The number of ether oxygens (including phenoxy) is 1. The number of aliphatic hydroxyl groups excluding tert-OH is 1. The predicted molar refractivity (Wildman–Crippen MR) is 98.2 cm³/mol. The number of carbonyl (C=O) groups excluding carboxylic acids is 2. The first kappa shape index (κ1) is 21.9. The summed E-state index contributed by atoms with van der Waals surface area (Å²) in [7, 11) is 1.16. The number of esters is 1. The van der Waals surface area contributed by atoms with E-state index >= 15 is 0 Å². The van der Waals surface area contributed by atoms with Crippen molar-refractivity contribution in [3.05, 3.63) is 69.7 Å². The van der Waals surface area contributed by atoms with Crippen LogP contribution in [-0.2, 0) is 26.9 Å². The summed E-state index contributed by atoms with van der Waals surface area (Å²) in [5.41, 5.74) is -0.206. The summed E-state index contributed by atoms with van der Waals surface area (Å²) in [6, 6.07) is 9.53. The van der Waals surface area contributed by atoms with E-state index in [1.165, 1.54) is 0 Å². The number of carbonyl (C=O) groups is 2. The molecule has 2 rings (SSSR count). The van der Waals surface area contributed by atoms with Crippen molar-refractivity contribution in [1.29, 1.82) is 0 Å². The Morgan fingerprint density at radius 2 is 1.75 bits per heavy atom. The quantitative estimate of drug-likeness (QED) is 0.649. The van der Waals surface area contributed by atoms with Crippen LogP contribution < -0.4 is 5.32 Å². The highest BCUT2D eigenvalue weighted by Gasteiger charge is 2.31. The Kier molecular flexibility index (Phi) is 7.20. The summed E-state index contributed by atoms with van der Waals surface area (Å²) in [5.74, 6) is -1.65. The zero-order valence-corrected chi connectivity index (χ0v) is 16.3. The largest absolute Gasteiger partial charge is 0.467 e. The van der Waals surface area contributed by atoms with Crippen molar-refractivity contribution in [3.8, 4) is 0 Å². The Hall–Kier alpha value is -2.39. The molecule has 2 N–H and O–H groups in total. The van der Waals surface area contributed by atoms with Crippen LogP contribution in [0, 0.1) is 0 Å². The van der Waals surface area contributed by atoms with Gasteiger partial charge >= 0.3 is 12.1 Å². The average Bonchev–Trinajstić information content (AvgIpc) is 2.67. The van der Waals surface area contributed by atoms with Crippen molar-refractivity contribution in [2.24, 2.45) is 0 Å². The molecule has 0 aliphatic rings. The lowest BCUT2D eigenvalue weighted by atomic mass is 10.0. The summed E-state index contributed by atoms with van der Waals surface area (Å²) in [5, 5.41) is 12.5. The number of rotatable bonds is 6. The first-order valence-corrected chi connectivity index (χ1v) is 8.89. The third-order valence-electron chi connectivity index (χ3n) is 3.99. The van der Waals surface area contributed by atoms with Crippen LogP contribution in [0.5, 0.6) is 0 Å². The van der Waals surface area contributed by atoms with Gasteiger partial charge in [-0.3, -0.25) is 4.79 Å². The zero-order valence-electron chi connectivity index (χ0n) is 14.7. The fourth-order valence-corrected chi connectivity index (χ4v) is 2.92. The van der Waals surface area contributed by atoms with E-state index in [0.717, 1.165) is 41.4 Å². The fourth-order valence-electron chi connectivity index (χ4n) is 2.48. The van der Waals surface area contributed by atoms with Crippen molar-refractivity contribution < 1.29 is 32.6 Å². The van der Waals surface area contributed by atoms with Gasteiger partial charge in [-0.05, 0) is 29.3 Å². The topological polar surface area (TPSA) is 75.6 Å².